The van der Waals surface area contributed by atoms with Gasteiger partial charge in [-0.2, -0.15) is 0 Å². The van der Waals surface area contributed by atoms with Crippen molar-refractivity contribution in [2.45, 2.75) is 6.10 Å². The summed E-state index contributed by atoms with van der Waals surface area (Å²) >= 11 is 5.90. The highest BCUT2D eigenvalue weighted by atomic mass is 35.5. The Kier molecular flexibility index (Phi) is 6.42. The minimum Gasteiger partial charge on any atom is -0.371 e. The normalized spacial score (nSPS) is 17.2. The molecule has 4 nitrogen and oxygen atoms in total. The number of hydrogen-bond donors (Lipinski definition) is 2. The van der Waals surface area contributed by atoms with Gasteiger partial charge in [-0.05, 0) is 35.9 Å². The molecule has 6 heteroatoms. The molecule has 1 heterocycles. The van der Waals surface area contributed by atoms with Gasteiger partial charge in [0.15, 0.2) is 0 Å². The summed E-state index contributed by atoms with van der Waals surface area (Å²) in [6.07, 6.45) is 0.0754. The van der Waals surface area contributed by atoms with E-state index in [1.807, 2.05) is 24.3 Å². The van der Waals surface area contributed by atoms with Gasteiger partial charge >= 0.3 is 0 Å². The van der Waals surface area contributed by atoms with Crippen molar-refractivity contribution in [3.05, 3.63) is 64.7 Å². The lowest BCUT2D eigenvalue weighted by molar-refractivity contribution is 0.0277. The van der Waals surface area contributed by atoms with E-state index < -0.39 is 0 Å². The lowest BCUT2D eigenvalue weighted by Gasteiger charge is -2.24. The number of rotatable bonds is 3. The van der Waals surface area contributed by atoms with Crippen molar-refractivity contribution < 1.29 is 9.53 Å². The smallest absolute Gasteiger partial charge is 0.255 e. The van der Waals surface area contributed by atoms with Gasteiger partial charge in [-0.1, -0.05) is 29.8 Å². The Morgan fingerprint density at radius 3 is 2.65 bits per heavy atom. The van der Waals surface area contributed by atoms with Gasteiger partial charge in [-0.15, -0.1) is 12.4 Å². The number of carbonyl (C=O) groups is 1. The van der Waals surface area contributed by atoms with Gasteiger partial charge in [-0.25, -0.2) is 0 Å². The van der Waals surface area contributed by atoms with Crippen molar-refractivity contribution >= 4 is 35.6 Å². The summed E-state index contributed by atoms with van der Waals surface area (Å²) < 4.78 is 5.70. The number of ether oxygens (including phenoxy) is 1. The molecule has 1 saturated heterocycles. The molecule has 0 bridgehead atoms. The first-order chi connectivity index (χ1) is 10.7. The van der Waals surface area contributed by atoms with Crippen molar-refractivity contribution in [3.8, 4) is 0 Å². The highest BCUT2D eigenvalue weighted by Crippen LogP contribution is 2.21. The van der Waals surface area contributed by atoms with Crippen LogP contribution in [0.4, 0.5) is 5.69 Å². The van der Waals surface area contributed by atoms with Crippen LogP contribution in [0.5, 0.6) is 0 Å². The van der Waals surface area contributed by atoms with Crippen LogP contribution in [0.15, 0.2) is 48.5 Å². The van der Waals surface area contributed by atoms with Gasteiger partial charge in [0.05, 0.1) is 12.7 Å². The first-order valence-electron chi connectivity index (χ1n) is 7.21. The highest BCUT2D eigenvalue weighted by Gasteiger charge is 2.15. The van der Waals surface area contributed by atoms with E-state index in [0.717, 1.165) is 30.9 Å². The topological polar surface area (TPSA) is 50.4 Å². The summed E-state index contributed by atoms with van der Waals surface area (Å²) in [6, 6.07) is 14.6. The molecule has 1 fully saturated rings. The number of benzene rings is 2. The monoisotopic (exact) mass is 352 g/mol. The number of anilines is 1. The van der Waals surface area contributed by atoms with Crippen LogP contribution in [0.25, 0.3) is 0 Å². The Balaban J connectivity index is 0.00000192. The Morgan fingerprint density at radius 2 is 2.00 bits per heavy atom. The number of carbonyl (C=O) groups excluding carboxylic acids is 1. The molecule has 1 amide bonds. The molecular formula is C17H18Cl2N2O2. The molecule has 1 atom stereocenters. The van der Waals surface area contributed by atoms with E-state index in [1.165, 1.54) is 0 Å². The fourth-order valence-corrected chi connectivity index (χ4v) is 2.58. The van der Waals surface area contributed by atoms with Crippen LogP contribution in [-0.2, 0) is 4.74 Å². The predicted molar refractivity (Wildman–Crippen MR) is 94.7 cm³/mol. The second-order valence-corrected chi connectivity index (χ2v) is 5.59. The van der Waals surface area contributed by atoms with E-state index in [-0.39, 0.29) is 24.4 Å². The SMILES string of the molecule is Cl.O=C(Nc1ccc([C@H]2CNCCO2)cc1)c1cccc(Cl)c1. The summed E-state index contributed by atoms with van der Waals surface area (Å²) in [5, 5.41) is 6.71. The Labute approximate surface area is 146 Å². The van der Waals surface area contributed by atoms with Crippen molar-refractivity contribution in [2.75, 3.05) is 25.0 Å². The molecule has 0 aliphatic carbocycles. The quantitative estimate of drug-likeness (QED) is 0.885. The summed E-state index contributed by atoms with van der Waals surface area (Å²) in [5.41, 5.74) is 2.39. The molecule has 0 radical (unpaired) electrons. The maximum atomic E-state index is 12.1. The fraction of sp³-hybridized carbons (Fsp3) is 0.235. The molecule has 0 aromatic heterocycles. The molecule has 1 aliphatic heterocycles. The zero-order valence-corrected chi connectivity index (χ0v) is 14.0. The Bertz CT molecular complexity index is 656. The molecule has 1 aliphatic rings. The number of amides is 1. The molecule has 2 aromatic rings. The molecule has 0 saturated carbocycles. The largest absolute Gasteiger partial charge is 0.371 e. The lowest BCUT2D eigenvalue weighted by atomic mass is 10.1. The van der Waals surface area contributed by atoms with Crippen molar-refractivity contribution in [1.29, 1.82) is 0 Å². The second-order valence-electron chi connectivity index (χ2n) is 5.15. The third-order valence-electron chi connectivity index (χ3n) is 3.55. The molecule has 0 spiro atoms. The maximum absolute atomic E-state index is 12.1. The maximum Gasteiger partial charge on any atom is 0.255 e. The van der Waals surface area contributed by atoms with Gasteiger partial charge < -0.3 is 15.4 Å². The summed E-state index contributed by atoms with van der Waals surface area (Å²) in [7, 11) is 0. The van der Waals surface area contributed by atoms with Gasteiger partial charge in [0, 0.05) is 29.4 Å². The van der Waals surface area contributed by atoms with E-state index in [0.29, 0.717) is 10.6 Å². The minimum atomic E-state index is -0.175. The van der Waals surface area contributed by atoms with Gasteiger partial charge in [-0.3, -0.25) is 4.79 Å². The summed E-state index contributed by atoms with van der Waals surface area (Å²) in [5.74, 6) is -0.175. The molecule has 23 heavy (non-hydrogen) atoms. The molecule has 3 rings (SSSR count). The van der Waals surface area contributed by atoms with Gasteiger partial charge in [0.25, 0.3) is 5.91 Å². The zero-order chi connectivity index (χ0) is 15.4. The average molecular weight is 353 g/mol. The van der Waals surface area contributed by atoms with Crippen LogP contribution in [-0.4, -0.2) is 25.6 Å². The number of nitrogens with one attached hydrogen (secondary N) is 2. The standard InChI is InChI=1S/C17H17ClN2O2.ClH/c18-14-3-1-2-13(10-14)17(21)20-15-6-4-12(5-7-15)16-11-19-8-9-22-16;/h1-7,10,16,19H,8-9,11H2,(H,20,21);1H/t16-;/m1./s1. The first-order valence-corrected chi connectivity index (χ1v) is 7.59. The van der Waals surface area contributed by atoms with Crippen LogP contribution >= 0.6 is 24.0 Å². The first kappa shape index (κ1) is 17.8. The third kappa shape index (κ3) is 4.69. The fourth-order valence-electron chi connectivity index (χ4n) is 2.39. The molecular weight excluding hydrogens is 335 g/mol. The lowest BCUT2D eigenvalue weighted by Crippen LogP contribution is -2.33. The van der Waals surface area contributed by atoms with Crippen LogP contribution in [0, 0.1) is 0 Å². The van der Waals surface area contributed by atoms with E-state index in [4.69, 9.17) is 16.3 Å². The van der Waals surface area contributed by atoms with Crippen LogP contribution < -0.4 is 10.6 Å². The Morgan fingerprint density at radius 1 is 1.22 bits per heavy atom. The van der Waals surface area contributed by atoms with E-state index >= 15 is 0 Å². The average Bonchev–Trinajstić information content (AvgIpc) is 2.56. The molecule has 2 N–H and O–H groups in total. The van der Waals surface area contributed by atoms with Crippen molar-refractivity contribution in [3.63, 3.8) is 0 Å². The van der Waals surface area contributed by atoms with Crippen molar-refractivity contribution in [1.82, 2.24) is 5.32 Å². The minimum absolute atomic E-state index is 0. The van der Waals surface area contributed by atoms with Crippen LogP contribution in [0.2, 0.25) is 5.02 Å². The highest BCUT2D eigenvalue weighted by molar-refractivity contribution is 6.31. The van der Waals surface area contributed by atoms with E-state index in [2.05, 4.69) is 10.6 Å². The van der Waals surface area contributed by atoms with Crippen LogP contribution in [0.3, 0.4) is 0 Å². The molecule has 2 aromatic carbocycles. The Hall–Kier alpha value is -1.59. The third-order valence-corrected chi connectivity index (χ3v) is 3.79. The number of hydrogen-bond acceptors (Lipinski definition) is 3. The van der Waals surface area contributed by atoms with E-state index in [1.54, 1.807) is 24.3 Å². The molecule has 0 unspecified atom stereocenters. The summed E-state index contributed by atoms with van der Waals surface area (Å²) in [6.45, 7) is 2.43. The zero-order valence-electron chi connectivity index (χ0n) is 12.4. The molecule has 122 valence electrons. The number of morpholine rings is 1. The van der Waals surface area contributed by atoms with Gasteiger partial charge in [0.2, 0.25) is 0 Å². The summed E-state index contributed by atoms with van der Waals surface area (Å²) in [4.78, 5) is 12.1. The number of halogens is 2. The predicted octanol–water partition coefficient (Wildman–Crippen LogP) is 3.68. The van der Waals surface area contributed by atoms with E-state index in [9.17, 15) is 4.79 Å². The second kappa shape index (κ2) is 8.31. The van der Waals surface area contributed by atoms with Crippen molar-refractivity contribution in [2.24, 2.45) is 0 Å². The van der Waals surface area contributed by atoms with Gasteiger partial charge in [0.1, 0.15) is 0 Å². The van der Waals surface area contributed by atoms with Crippen LogP contribution in [0.1, 0.15) is 22.0 Å².